The summed E-state index contributed by atoms with van der Waals surface area (Å²) in [5.41, 5.74) is 7.31. The van der Waals surface area contributed by atoms with Crippen LogP contribution in [0.4, 0.5) is 9.59 Å². The molecule has 3 rings (SSSR count). The minimum atomic E-state index is -1.19. The molecule has 0 aliphatic carbocycles. The Labute approximate surface area is 228 Å². The van der Waals surface area contributed by atoms with Crippen LogP contribution in [0.25, 0.3) is 0 Å². The van der Waals surface area contributed by atoms with Gasteiger partial charge in [-0.2, -0.15) is 4.90 Å². The first-order valence-electron chi connectivity index (χ1n) is 13.4. The predicted molar refractivity (Wildman–Crippen MR) is 144 cm³/mol. The van der Waals surface area contributed by atoms with Crippen LogP contribution in [0.5, 0.6) is 0 Å². The number of imide groups is 1. The van der Waals surface area contributed by atoms with Gasteiger partial charge >= 0.3 is 24.1 Å². The summed E-state index contributed by atoms with van der Waals surface area (Å²) in [6, 6.07) is 16.5. The number of ether oxygens (including phenoxy) is 1. The first-order valence-corrected chi connectivity index (χ1v) is 13.4. The van der Waals surface area contributed by atoms with Gasteiger partial charge in [0.05, 0.1) is 6.54 Å². The quantitative estimate of drug-likeness (QED) is 0.256. The van der Waals surface area contributed by atoms with Crippen molar-refractivity contribution >= 4 is 24.1 Å². The molecule has 2 aromatic rings. The number of nitrogens with two attached hydrogens (primary N) is 1. The Morgan fingerprint density at radius 1 is 0.974 bits per heavy atom. The van der Waals surface area contributed by atoms with Crippen molar-refractivity contribution in [2.45, 2.75) is 51.2 Å². The number of likely N-dealkylation sites (tertiary alicyclic amines) is 1. The number of benzene rings is 2. The number of carbonyl (C=O) groups excluding carboxylic acids is 2. The van der Waals surface area contributed by atoms with Gasteiger partial charge < -0.3 is 20.7 Å². The Morgan fingerprint density at radius 3 is 2.21 bits per heavy atom. The molecule has 39 heavy (non-hydrogen) atoms. The van der Waals surface area contributed by atoms with Crippen molar-refractivity contribution < 1.29 is 38.6 Å². The number of aryl methyl sites for hydroxylation is 1. The summed E-state index contributed by atoms with van der Waals surface area (Å²) in [5, 5.41) is 20.2. The van der Waals surface area contributed by atoms with Crippen molar-refractivity contribution in [1.82, 2.24) is 4.90 Å². The van der Waals surface area contributed by atoms with Crippen LogP contribution >= 0.6 is 0 Å². The molecule has 3 amide bonds. The lowest BCUT2D eigenvalue weighted by Crippen LogP contribution is -2.66. The Morgan fingerprint density at radius 2 is 1.62 bits per heavy atom. The van der Waals surface area contributed by atoms with E-state index < -0.39 is 40.5 Å². The van der Waals surface area contributed by atoms with Crippen LogP contribution in [0, 0.1) is 5.92 Å². The summed E-state index contributed by atoms with van der Waals surface area (Å²) in [6.45, 7) is 0.205. The van der Waals surface area contributed by atoms with Gasteiger partial charge in [0, 0.05) is 19.4 Å². The Kier molecular flexibility index (Phi) is 11.0. The monoisotopic (exact) mass is 540 g/mol. The van der Waals surface area contributed by atoms with E-state index in [1.54, 1.807) is 24.3 Å². The van der Waals surface area contributed by atoms with E-state index in [-0.39, 0.29) is 39.1 Å². The zero-order valence-corrected chi connectivity index (χ0v) is 22.1. The first-order chi connectivity index (χ1) is 18.8. The van der Waals surface area contributed by atoms with Gasteiger partial charge in [0.1, 0.15) is 19.1 Å². The van der Waals surface area contributed by atoms with E-state index in [1.807, 2.05) is 36.4 Å². The maximum absolute atomic E-state index is 14.2. The highest BCUT2D eigenvalue weighted by molar-refractivity contribution is 5.89. The molecule has 10 heteroatoms. The van der Waals surface area contributed by atoms with E-state index in [1.165, 1.54) is 0 Å². The molecule has 1 fully saturated rings. The van der Waals surface area contributed by atoms with Crippen molar-refractivity contribution in [3.63, 3.8) is 0 Å². The Bertz CT molecular complexity index is 1110. The third kappa shape index (κ3) is 7.87. The minimum absolute atomic E-state index is 0.00223. The normalized spacial score (nSPS) is 19.3. The Hall–Kier alpha value is -3.76. The molecule has 1 saturated heterocycles. The summed E-state index contributed by atoms with van der Waals surface area (Å²) in [6.07, 6.45) is 1.40. The summed E-state index contributed by atoms with van der Waals surface area (Å²) >= 11 is 0. The van der Waals surface area contributed by atoms with E-state index in [4.69, 9.17) is 10.5 Å². The van der Waals surface area contributed by atoms with E-state index >= 15 is 0 Å². The van der Waals surface area contributed by atoms with Crippen LogP contribution in [0.15, 0.2) is 60.7 Å². The minimum Gasteiger partial charge on any atom is -0.481 e. The molecule has 1 aliphatic rings. The second kappa shape index (κ2) is 14.4. The zero-order chi connectivity index (χ0) is 28.3. The van der Waals surface area contributed by atoms with Gasteiger partial charge in [0.25, 0.3) is 0 Å². The number of carboxylic acid groups (broad SMARTS) is 2. The van der Waals surface area contributed by atoms with Gasteiger partial charge in [0.15, 0.2) is 6.04 Å². The van der Waals surface area contributed by atoms with Gasteiger partial charge in [-0.3, -0.25) is 4.79 Å². The average Bonchev–Trinajstić information content (AvgIpc) is 3.38. The number of carboxylic acids is 2. The SMILES string of the molecule is NCCCCN(C(=O)OCc1ccccc1)C(=O)[N+]1(CC(CCc2ccccc2)C(=O)O)CCC[C@H]1C(=O)O. The van der Waals surface area contributed by atoms with Gasteiger partial charge in [-0.15, -0.1) is 0 Å². The van der Waals surface area contributed by atoms with E-state index in [2.05, 4.69) is 0 Å². The zero-order valence-electron chi connectivity index (χ0n) is 22.1. The summed E-state index contributed by atoms with van der Waals surface area (Å²) < 4.78 is 4.83. The average molecular weight is 541 g/mol. The molecule has 210 valence electrons. The summed E-state index contributed by atoms with van der Waals surface area (Å²) in [5.74, 6) is -3.28. The van der Waals surface area contributed by atoms with E-state index in [0.29, 0.717) is 32.2 Å². The highest BCUT2D eigenvalue weighted by atomic mass is 16.6. The van der Waals surface area contributed by atoms with Crippen LogP contribution in [0.1, 0.15) is 43.2 Å². The van der Waals surface area contributed by atoms with Crippen LogP contribution in [0.2, 0.25) is 0 Å². The van der Waals surface area contributed by atoms with Crippen molar-refractivity contribution in [2.75, 3.05) is 26.2 Å². The number of amides is 3. The smallest absolute Gasteiger partial charge is 0.429 e. The summed E-state index contributed by atoms with van der Waals surface area (Å²) in [7, 11) is 0. The highest BCUT2D eigenvalue weighted by Gasteiger charge is 2.56. The molecule has 0 aromatic heterocycles. The molecule has 4 N–H and O–H groups in total. The molecule has 0 bridgehead atoms. The lowest BCUT2D eigenvalue weighted by molar-refractivity contribution is -0.859. The van der Waals surface area contributed by atoms with Crippen molar-refractivity contribution in [1.29, 1.82) is 0 Å². The maximum Gasteiger partial charge on any atom is 0.429 e. The molecule has 2 aromatic carbocycles. The molecule has 0 spiro atoms. The highest BCUT2D eigenvalue weighted by Crippen LogP contribution is 2.33. The number of nitrogens with zero attached hydrogens (tertiary/aromatic N) is 2. The van der Waals surface area contributed by atoms with Crippen LogP contribution in [-0.2, 0) is 27.4 Å². The lowest BCUT2D eigenvalue weighted by atomic mass is 9.97. The first kappa shape index (κ1) is 29.8. The molecular formula is C29H38N3O7+. The van der Waals surface area contributed by atoms with Crippen LogP contribution in [0.3, 0.4) is 0 Å². The number of aliphatic carboxylic acids is 2. The molecule has 0 radical (unpaired) electrons. The van der Waals surface area contributed by atoms with Crippen LogP contribution in [-0.4, -0.2) is 75.9 Å². The number of unbranched alkanes of at least 4 members (excludes halogenated alkanes) is 1. The fraction of sp³-hybridized carbons (Fsp3) is 0.448. The van der Waals surface area contributed by atoms with E-state index in [0.717, 1.165) is 16.0 Å². The molecule has 1 heterocycles. The van der Waals surface area contributed by atoms with Gasteiger partial charge in [-0.05, 0) is 43.4 Å². The third-order valence-corrected chi connectivity index (χ3v) is 7.31. The fourth-order valence-electron chi connectivity index (χ4n) is 5.22. The van der Waals surface area contributed by atoms with Gasteiger partial charge in [0.2, 0.25) is 0 Å². The maximum atomic E-state index is 14.2. The molecule has 3 atom stereocenters. The van der Waals surface area contributed by atoms with Crippen molar-refractivity contribution in [2.24, 2.45) is 11.7 Å². The molecular weight excluding hydrogens is 502 g/mol. The van der Waals surface area contributed by atoms with E-state index in [9.17, 15) is 29.4 Å². The number of hydrogen-bond donors (Lipinski definition) is 3. The second-order valence-electron chi connectivity index (χ2n) is 9.97. The van der Waals surface area contributed by atoms with Crippen molar-refractivity contribution in [3.05, 3.63) is 71.8 Å². The third-order valence-electron chi connectivity index (χ3n) is 7.31. The van der Waals surface area contributed by atoms with Crippen LogP contribution < -0.4 is 5.73 Å². The molecule has 1 aliphatic heterocycles. The number of carbonyl (C=O) groups is 4. The lowest BCUT2D eigenvalue weighted by Gasteiger charge is -2.39. The second-order valence-corrected chi connectivity index (χ2v) is 9.97. The predicted octanol–water partition coefficient (Wildman–Crippen LogP) is 3.88. The summed E-state index contributed by atoms with van der Waals surface area (Å²) in [4.78, 5) is 53.0. The number of hydrogen-bond acceptors (Lipinski definition) is 6. The van der Waals surface area contributed by atoms with Gasteiger partial charge in [-0.1, -0.05) is 60.7 Å². The number of rotatable bonds is 13. The van der Waals surface area contributed by atoms with Crippen molar-refractivity contribution in [3.8, 4) is 0 Å². The molecule has 2 unspecified atom stereocenters. The largest absolute Gasteiger partial charge is 0.481 e. The molecule has 10 nitrogen and oxygen atoms in total. The van der Waals surface area contributed by atoms with Gasteiger partial charge in [-0.25, -0.2) is 18.9 Å². The fourth-order valence-corrected chi connectivity index (χ4v) is 5.22. The molecule has 0 saturated carbocycles. The standard InChI is InChI=1S/C29H37N3O7/c30-17-7-8-18-31(29(38)39-21-23-12-5-2-6-13-23)28(37)32(19-9-14-25(32)27(35)36)20-24(26(33)34)16-15-22-10-3-1-4-11-22/h1-6,10-13,24-25H,7-9,14-21,30H2,(H-,33,34,35,36)/p+1/t24?,25-,32?/m0/s1. The number of urea groups is 1. The number of quaternary nitrogens is 1. The topological polar surface area (TPSA) is 147 Å². The Balaban J connectivity index is 1.88.